The first kappa shape index (κ1) is 15.4. The number of rotatable bonds is 3. The van der Waals surface area contributed by atoms with Gasteiger partial charge in [-0.15, -0.1) is 0 Å². The highest BCUT2D eigenvalue weighted by Gasteiger charge is 2.13. The van der Waals surface area contributed by atoms with Crippen LogP contribution in [0.25, 0.3) is 0 Å². The summed E-state index contributed by atoms with van der Waals surface area (Å²) in [5.41, 5.74) is 2.16. The molecule has 0 N–H and O–H groups in total. The summed E-state index contributed by atoms with van der Waals surface area (Å²) in [5.74, 6) is 1.26. The van der Waals surface area contributed by atoms with Gasteiger partial charge in [0, 0.05) is 10.7 Å². The van der Waals surface area contributed by atoms with Gasteiger partial charge in [-0.1, -0.05) is 12.1 Å². The molecule has 0 spiro atoms. The number of hydrogen-bond donors (Lipinski definition) is 0. The number of hydrogen-bond acceptors (Lipinski definition) is 3. The van der Waals surface area contributed by atoms with E-state index >= 15 is 0 Å². The van der Waals surface area contributed by atoms with Crippen molar-refractivity contribution in [3.8, 4) is 11.5 Å². The molecule has 0 aliphatic heterocycles. The zero-order valence-corrected chi connectivity index (χ0v) is 14.0. The minimum atomic E-state index is -3.74. The molecule has 2 aromatic rings. The van der Waals surface area contributed by atoms with Crippen molar-refractivity contribution in [3.05, 3.63) is 52.0 Å². The quantitative estimate of drug-likeness (QED) is 0.725. The predicted octanol–water partition coefficient (Wildman–Crippen LogP) is 4.79. The lowest BCUT2D eigenvalue weighted by atomic mass is 10.1. The van der Waals surface area contributed by atoms with E-state index in [2.05, 4.69) is 15.9 Å². The van der Waals surface area contributed by atoms with E-state index < -0.39 is 9.05 Å². The largest absolute Gasteiger partial charge is 0.456 e. The molecule has 6 heteroatoms. The summed E-state index contributed by atoms with van der Waals surface area (Å²) in [6.07, 6.45) is 0. The van der Waals surface area contributed by atoms with Crippen molar-refractivity contribution in [1.82, 2.24) is 0 Å². The fraction of sp³-hybridized carbons (Fsp3) is 0.143. The lowest BCUT2D eigenvalue weighted by molar-refractivity contribution is 0.475. The molecule has 0 unspecified atom stereocenters. The lowest BCUT2D eigenvalue weighted by Gasteiger charge is -2.12. The Kier molecular flexibility index (Phi) is 4.42. The van der Waals surface area contributed by atoms with E-state index in [1.807, 2.05) is 32.0 Å². The van der Waals surface area contributed by atoms with E-state index in [0.29, 0.717) is 10.2 Å². The lowest BCUT2D eigenvalue weighted by Crippen LogP contribution is -1.94. The third-order valence-corrected chi connectivity index (χ3v) is 4.93. The molecule has 0 saturated heterocycles. The van der Waals surface area contributed by atoms with Gasteiger partial charge in [-0.25, -0.2) is 8.42 Å². The second-order valence-corrected chi connectivity index (χ2v) is 7.75. The first-order chi connectivity index (χ1) is 9.29. The molecular formula is C14H12BrClO3S. The summed E-state index contributed by atoms with van der Waals surface area (Å²) in [6, 6.07) is 10.2. The zero-order chi connectivity index (χ0) is 14.9. The molecular weight excluding hydrogens is 364 g/mol. The Balaban J connectivity index is 2.38. The van der Waals surface area contributed by atoms with Gasteiger partial charge in [-0.2, -0.15) is 0 Å². The Morgan fingerprint density at radius 2 is 1.80 bits per heavy atom. The monoisotopic (exact) mass is 374 g/mol. The molecule has 0 heterocycles. The van der Waals surface area contributed by atoms with Crippen LogP contribution in [0.5, 0.6) is 11.5 Å². The van der Waals surface area contributed by atoms with Crippen LogP contribution >= 0.6 is 26.6 Å². The molecule has 106 valence electrons. The first-order valence-corrected chi connectivity index (χ1v) is 8.87. The number of ether oxygens (including phenoxy) is 1. The molecule has 0 aliphatic carbocycles. The second-order valence-electron chi connectivity index (χ2n) is 4.33. The van der Waals surface area contributed by atoms with Crippen molar-refractivity contribution < 1.29 is 13.2 Å². The third-order valence-electron chi connectivity index (χ3n) is 2.96. The minimum absolute atomic E-state index is 0.0272. The fourth-order valence-electron chi connectivity index (χ4n) is 1.67. The van der Waals surface area contributed by atoms with Crippen LogP contribution in [0.2, 0.25) is 0 Å². The number of halogens is 2. The van der Waals surface area contributed by atoms with Gasteiger partial charge in [-0.3, -0.25) is 0 Å². The highest BCUT2D eigenvalue weighted by atomic mass is 79.9. The van der Waals surface area contributed by atoms with Crippen molar-refractivity contribution in [3.63, 3.8) is 0 Å². The average Bonchev–Trinajstić information content (AvgIpc) is 2.36. The van der Waals surface area contributed by atoms with Crippen molar-refractivity contribution in [1.29, 1.82) is 0 Å². The molecule has 0 amide bonds. The summed E-state index contributed by atoms with van der Waals surface area (Å²) >= 11 is 3.29. The zero-order valence-electron chi connectivity index (χ0n) is 10.9. The average molecular weight is 376 g/mol. The van der Waals surface area contributed by atoms with Gasteiger partial charge in [0.15, 0.2) is 0 Å². The Hall–Kier alpha value is -1.04. The molecule has 0 fully saturated rings. The summed E-state index contributed by atoms with van der Waals surface area (Å²) in [4.78, 5) is 0.0272. The van der Waals surface area contributed by atoms with Crippen molar-refractivity contribution in [2.24, 2.45) is 0 Å². The molecule has 0 aliphatic rings. The van der Waals surface area contributed by atoms with Crippen LogP contribution in [-0.4, -0.2) is 8.42 Å². The molecule has 0 radical (unpaired) electrons. The summed E-state index contributed by atoms with van der Waals surface area (Å²) < 4.78 is 28.8. The van der Waals surface area contributed by atoms with E-state index in [-0.39, 0.29) is 4.90 Å². The van der Waals surface area contributed by atoms with Gasteiger partial charge in [0.05, 0.1) is 9.37 Å². The molecule has 20 heavy (non-hydrogen) atoms. The maximum atomic E-state index is 11.3. The van der Waals surface area contributed by atoms with Gasteiger partial charge >= 0.3 is 0 Å². The van der Waals surface area contributed by atoms with Crippen LogP contribution in [0, 0.1) is 13.8 Å². The van der Waals surface area contributed by atoms with E-state index in [4.69, 9.17) is 15.4 Å². The van der Waals surface area contributed by atoms with Crippen LogP contribution in [-0.2, 0) is 9.05 Å². The Labute approximate surface area is 131 Å². The first-order valence-electron chi connectivity index (χ1n) is 5.77. The van der Waals surface area contributed by atoms with Crippen LogP contribution in [0.4, 0.5) is 0 Å². The maximum absolute atomic E-state index is 11.3. The van der Waals surface area contributed by atoms with Gasteiger partial charge < -0.3 is 4.74 Å². The van der Waals surface area contributed by atoms with E-state index in [9.17, 15) is 8.42 Å². The molecule has 0 atom stereocenters. The minimum Gasteiger partial charge on any atom is -0.456 e. The van der Waals surface area contributed by atoms with Crippen molar-refractivity contribution in [2.45, 2.75) is 18.7 Å². The van der Waals surface area contributed by atoms with Gasteiger partial charge in [0.25, 0.3) is 9.05 Å². The summed E-state index contributed by atoms with van der Waals surface area (Å²) in [6.45, 7) is 3.97. The molecule has 0 aromatic heterocycles. The van der Waals surface area contributed by atoms with Crippen LogP contribution in [0.1, 0.15) is 11.1 Å². The van der Waals surface area contributed by atoms with Gasteiger partial charge in [0.1, 0.15) is 11.5 Å². The molecule has 2 aromatic carbocycles. The Morgan fingerprint density at radius 3 is 2.40 bits per heavy atom. The summed E-state index contributed by atoms with van der Waals surface area (Å²) in [5, 5.41) is 0. The van der Waals surface area contributed by atoms with E-state index in [1.54, 1.807) is 6.07 Å². The Bertz CT molecular complexity index is 757. The molecule has 2 rings (SSSR count). The molecule has 0 saturated carbocycles. The van der Waals surface area contributed by atoms with Gasteiger partial charge in [-0.05, 0) is 65.2 Å². The van der Waals surface area contributed by atoms with Crippen molar-refractivity contribution in [2.75, 3.05) is 0 Å². The van der Waals surface area contributed by atoms with E-state index in [1.165, 1.54) is 12.1 Å². The highest BCUT2D eigenvalue weighted by molar-refractivity contribution is 9.10. The SMILES string of the molecule is Cc1cccc(Oc2ccc(S(=O)(=O)Cl)cc2Br)c1C. The van der Waals surface area contributed by atoms with E-state index in [0.717, 1.165) is 16.9 Å². The third kappa shape index (κ3) is 3.34. The summed E-state index contributed by atoms with van der Waals surface area (Å²) in [7, 11) is 1.56. The highest BCUT2D eigenvalue weighted by Crippen LogP contribution is 2.34. The maximum Gasteiger partial charge on any atom is 0.261 e. The van der Waals surface area contributed by atoms with Crippen LogP contribution in [0.3, 0.4) is 0 Å². The van der Waals surface area contributed by atoms with Crippen LogP contribution < -0.4 is 4.74 Å². The fourth-order valence-corrected chi connectivity index (χ4v) is 3.06. The standard InChI is InChI=1S/C14H12BrClO3S/c1-9-4-3-5-13(10(9)2)19-14-7-6-11(8-12(14)15)20(16,17)18/h3-8H,1-2H3. The topological polar surface area (TPSA) is 43.4 Å². The van der Waals surface area contributed by atoms with Crippen LogP contribution in [0.15, 0.2) is 45.8 Å². The smallest absolute Gasteiger partial charge is 0.261 e. The Morgan fingerprint density at radius 1 is 1.10 bits per heavy atom. The second kappa shape index (κ2) is 5.76. The predicted molar refractivity (Wildman–Crippen MR) is 83.2 cm³/mol. The van der Waals surface area contributed by atoms with Crippen molar-refractivity contribution >= 4 is 35.7 Å². The normalized spacial score (nSPS) is 11.4. The van der Waals surface area contributed by atoms with Gasteiger partial charge in [0.2, 0.25) is 0 Å². The molecule has 0 bridgehead atoms. The number of aryl methyl sites for hydroxylation is 1. The molecule has 3 nitrogen and oxygen atoms in total. The number of benzene rings is 2.